The second kappa shape index (κ2) is 37.7. The van der Waals surface area contributed by atoms with E-state index in [4.69, 9.17) is 27.9 Å². The minimum Gasteiger partial charge on any atom is -0.383 e. The van der Waals surface area contributed by atoms with Crippen LogP contribution >= 0.6 is 0 Å². The summed E-state index contributed by atoms with van der Waals surface area (Å²) in [4.78, 5) is 104. The molecule has 39 heteroatoms. The topological polar surface area (TPSA) is 486 Å². The van der Waals surface area contributed by atoms with Crippen LogP contribution in [0.3, 0.4) is 0 Å². The van der Waals surface area contributed by atoms with Crippen LogP contribution < -0.4 is 60.2 Å². The number of carbonyl (C=O) groups excluding carboxylic acids is 4. The molecule has 1 unspecified atom stereocenters. The largest absolute Gasteiger partial charge is 0.383 e. The zero-order valence-electron chi connectivity index (χ0n) is 77.9. The summed E-state index contributed by atoms with van der Waals surface area (Å²) < 4.78 is 51.0. The highest BCUT2D eigenvalue weighted by Crippen LogP contribution is 2.44. The van der Waals surface area contributed by atoms with Gasteiger partial charge in [-0.3, -0.25) is 57.8 Å². The predicted molar refractivity (Wildman–Crippen MR) is 528 cm³/mol. The van der Waals surface area contributed by atoms with Gasteiger partial charge in [0, 0.05) is 239 Å². The Kier molecular flexibility index (Phi) is 24.3. The Bertz CT molecular complexity index is 7170. The van der Waals surface area contributed by atoms with Gasteiger partial charge in [-0.25, -0.2) is 53.0 Å². The lowest BCUT2D eigenvalue weighted by Crippen LogP contribution is -2.29. The average molecular weight is 1890 g/mol. The summed E-state index contributed by atoms with van der Waals surface area (Å²) in [5.41, 5.74) is 46.3. The van der Waals surface area contributed by atoms with Gasteiger partial charge in [0.1, 0.15) is 91.2 Å². The number of nitrogens with one attached hydrogen (secondary N) is 7. The summed E-state index contributed by atoms with van der Waals surface area (Å²) in [5, 5.41) is 46.0. The van der Waals surface area contributed by atoms with E-state index in [1.165, 1.54) is 29.7 Å². The molecule has 4 aliphatic carbocycles. The van der Waals surface area contributed by atoms with Gasteiger partial charge in [0.2, 0.25) is 23.6 Å². The fourth-order valence-electron chi connectivity index (χ4n) is 20.2. The molecular formula is C101H103F3N32O4. The number of amides is 4. The van der Waals surface area contributed by atoms with Gasteiger partial charge < -0.3 is 65.1 Å². The zero-order valence-corrected chi connectivity index (χ0v) is 77.9. The number of carbonyl (C=O) groups is 4. The number of nitrogens with zero attached hydrogens (tertiary/aromatic N) is 21. The number of aryl methyl sites for hydroxylation is 4. The van der Waals surface area contributed by atoms with Crippen LogP contribution in [0.2, 0.25) is 0 Å². The van der Waals surface area contributed by atoms with Gasteiger partial charge in [-0.15, -0.1) is 0 Å². The first-order valence-electron chi connectivity index (χ1n) is 47.3. The fourth-order valence-corrected chi connectivity index (χ4v) is 20.2. The van der Waals surface area contributed by atoms with Gasteiger partial charge >= 0.3 is 0 Å². The molecular weight excluding hydrogens is 1780 g/mol. The maximum Gasteiger partial charge on any atom is 0.244 e. The van der Waals surface area contributed by atoms with Crippen LogP contribution in [0.5, 0.6) is 0 Å². The predicted octanol–water partition coefficient (Wildman–Crippen LogP) is 14.0. The van der Waals surface area contributed by atoms with E-state index >= 15 is 0 Å². The summed E-state index contributed by atoms with van der Waals surface area (Å²) in [7, 11) is 1.82. The summed E-state index contributed by atoms with van der Waals surface area (Å²) in [6, 6.07) is 23.2. The highest BCUT2D eigenvalue weighted by Gasteiger charge is 2.32. The molecule has 20 heterocycles. The van der Waals surface area contributed by atoms with Gasteiger partial charge in [-0.1, -0.05) is 0 Å². The number of likely N-dealkylation sites (N-methyl/N-ethyl adjacent to an activating group) is 1. The number of nitrogens with two attached hydrogens (primary N) is 4. The number of alkyl halides is 3. The molecule has 24 rings (SSSR count). The van der Waals surface area contributed by atoms with Gasteiger partial charge in [0.25, 0.3) is 0 Å². The molecule has 712 valence electrons. The number of rotatable bonds is 12. The lowest BCUT2D eigenvalue weighted by atomic mass is 9.88. The van der Waals surface area contributed by atoms with Crippen LogP contribution in [0, 0.1) is 27.7 Å². The smallest absolute Gasteiger partial charge is 0.244 e. The normalized spacial score (nSPS) is 17.0. The minimum atomic E-state index is -1.000. The van der Waals surface area contributed by atoms with Crippen LogP contribution in [0.15, 0.2) is 122 Å². The van der Waals surface area contributed by atoms with Gasteiger partial charge in [0.15, 0.2) is 23.3 Å². The molecule has 0 bridgehead atoms. The van der Waals surface area contributed by atoms with Crippen molar-refractivity contribution in [2.24, 2.45) is 0 Å². The molecule has 0 spiro atoms. The summed E-state index contributed by atoms with van der Waals surface area (Å²) in [5.74, 6) is 6.37. The third kappa shape index (κ3) is 18.3. The number of aromatic nitrogens is 20. The molecule has 16 aromatic rings. The van der Waals surface area contributed by atoms with Crippen molar-refractivity contribution >= 4 is 137 Å². The number of anilines is 12. The quantitative estimate of drug-likeness (QED) is 0.0541. The molecule has 3 atom stereocenters. The highest BCUT2D eigenvalue weighted by atomic mass is 19.1. The van der Waals surface area contributed by atoms with Crippen molar-refractivity contribution in [3.05, 3.63) is 212 Å². The maximum absolute atomic E-state index is 14.7. The maximum atomic E-state index is 14.7. The van der Waals surface area contributed by atoms with Crippen molar-refractivity contribution in [3.63, 3.8) is 0 Å². The van der Waals surface area contributed by atoms with Crippen LogP contribution in [0.25, 0.3) is 88.1 Å². The molecule has 0 aromatic carbocycles. The lowest BCUT2D eigenvalue weighted by molar-refractivity contribution is -0.130. The molecule has 140 heavy (non-hydrogen) atoms. The number of halogens is 3. The summed E-state index contributed by atoms with van der Waals surface area (Å²) in [6.07, 6.45) is 24.9. The monoisotopic (exact) mass is 1880 g/mol. The Labute approximate surface area is 800 Å². The molecule has 4 aliphatic heterocycles. The number of hydrogen-bond donors (Lipinski definition) is 11. The molecule has 16 aromatic heterocycles. The first-order chi connectivity index (χ1) is 67.8. The van der Waals surface area contributed by atoms with E-state index in [0.29, 0.717) is 168 Å². The van der Waals surface area contributed by atoms with Crippen molar-refractivity contribution in [3.8, 4) is 45.0 Å². The van der Waals surface area contributed by atoms with Crippen molar-refractivity contribution in [1.29, 1.82) is 0 Å². The van der Waals surface area contributed by atoms with E-state index < -0.39 is 18.5 Å². The number of hydrogen-bond acceptors (Lipinski definition) is 28. The summed E-state index contributed by atoms with van der Waals surface area (Å²) >= 11 is 0. The number of nitrogen functional groups attached to an aromatic ring is 4. The number of fused-ring (bicyclic) bond motifs is 12. The third-order valence-electron chi connectivity index (χ3n) is 27.6. The Morgan fingerprint density at radius 1 is 0.329 bits per heavy atom. The van der Waals surface area contributed by atoms with Crippen LogP contribution in [0.1, 0.15) is 160 Å². The van der Waals surface area contributed by atoms with E-state index in [1.807, 2.05) is 101 Å². The Balaban J connectivity index is 0.000000111. The SMILES string of the molecule is Cc1c(-c2cc3cc(Nc4cc5n(n4)CC(=O)N(C)CC5)ncc3c(N)n2)cnc2c1CCCC2.Cc1c(-c2cc3cc(Nc4cc5n(n4)CC(=O)NCC5)ncc3c(N)n2)cnc2c1C(F)CCC2.Cc1c(-c2cc3cc(Nc4cc5n(n4)CC(=O)NCC5)ncc3c(N)n2)cnc2c1[C@@H](F)CCC2.Cc1c(-c2cc3cc(Nc4cc5n(n4)CC(=O)NCC5)ncc3c(N)n2)cnc2c1[C@H](F)CCC2. The average Bonchev–Trinajstić information content (AvgIpc) is 0.916. The van der Waals surface area contributed by atoms with E-state index in [0.717, 1.165) is 185 Å². The summed E-state index contributed by atoms with van der Waals surface area (Å²) in [6.45, 7) is 11.2. The first kappa shape index (κ1) is 90.2. The molecule has 15 N–H and O–H groups in total. The molecule has 36 nitrogen and oxygen atoms in total. The van der Waals surface area contributed by atoms with Crippen molar-refractivity contribution in [2.45, 2.75) is 182 Å². The van der Waals surface area contributed by atoms with Crippen molar-refractivity contribution < 1.29 is 32.3 Å². The van der Waals surface area contributed by atoms with Gasteiger partial charge in [0.05, 0.1) is 22.8 Å². The van der Waals surface area contributed by atoms with E-state index in [-0.39, 0.29) is 49.8 Å². The molecule has 0 fully saturated rings. The first-order valence-corrected chi connectivity index (χ1v) is 47.3. The Morgan fingerprint density at radius 2 is 0.621 bits per heavy atom. The molecule has 0 saturated heterocycles. The van der Waals surface area contributed by atoms with Crippen LogP contribution in [-0.4, -0.2) is 161 Å². The second-order valence-electron chi connectivity index (χ2n) is 36.8. The Hall–Kier alpha value is -16.3. The zero-order chi connectivity index (χ0) is 96.4. The third-order valence-corrected chi connectivity index (χ3v) is 27.6. The highest BCUT2D eigenvalue weighted by molar-refractivity contribution is 5.99. The molecule has 4 amide bonds. The van der Waals surface area contributed by atoms with Crippen molar-refractivity contribution in [2.75, 3.05) is 77.4 Å². The standard InChI is InChI=1S/C26H28N8O.3C25H25FN8O/c1-15-18-5-3-4-6-21(18)28-12-19(15)22-9-16-10-23(29-13-20(16)26(27)30-22)31-24-11-17-7-8-33(2)25(35)14-34(17)32-24;3*1-13-16(10-29-19-4-2-3-18(26)24(13)19)20-7-14-8-21(30-11-17(14)25(27)31-20)32-22-9-15-5-6-28-23(35)12-34(15)33-22/h9-13H,3-8,14H2,1-2H3,(H2,27,30)(H,29,31,32);3*7-11,18H,2-6,12H2,1H3,(H2,27,31)(H,28,35)(H,30,32,33)/t;2*18-;/m.10./s1. The molecule has 8 aliphatic rings. The molecule has 0 radical (unpaired) electrons. The lowest BCUT2D eigenvalue weighted by Gasteiger charge is -2.22. The molecule has 0 saturated carbocycles. The van der Waals surface area contributed by atoms with E-state index in [1.54, 1.807) is 67.0 Å². The van der Waals surface area contributed by atoms with E-state index in [2.05, 4.69) is 125 Å². The van der Waals surface area contributed by atoms with Crippen LogP contribution in [-0.2, 0) is 103 Å². The van der Waals surface area contributed by atoms with Crippen LogP contribution in [0.4, 0.5) is 83.0 Å². The number of pyridine rings is 12. The minimum absolute atomic E-state index is 0.0521. The second-order valence-corrected chi connectivity index (χ2v) is 36.8. The van der Waals surface area contributed by atoms with Crippen molar-refractivity contribution in [1.82, 2.24) is 120 Å². The van der Waals surface area contributed by atoms with Gasteiger partial charge in [-0.2, -0.15) is 20.4 Å². The fraction of sp³-hybridized carbons (Fsp3) is 0.327. The Morgan fingerprint density at radius 3 is 0.957 bits per heavy atom. The van der Waals surface area contributed by atoms with Gasteiger partial charge in [-0.05, 0) is 209 Å². The van der Waals surface area contributed by atoms with E-state index in [9.17, 15) is 32.3 Å².